The third-order valence-electron chi connectivity index (χ3n) is 2.70. The molecule has 0 atom stereocenters. The minimum atomic E-state index is -1.13. The summed E-state index contributed by atoms with van der Waals surface area (Å²) in [6, 6.07) is 4.63. The summed E-state index contributed by atoms with van der Waals surface area (Å²) in [6.45, 7) is 1.99. The van der Waals surface area contributed by atoms with E-state index in [1.165, 1.54) is 6.07 Å². The summed E-state index contributed by atoms with van der Waals surface area (Å²) in [5.41, 5.74) is 0.166. The number of hydrogen-bond donors (Lipinski definition) is 3. The number of H-pyrrole nitrogens is 1. The third-order valence-corrected chi connectivity index (χ3v) is 3.36. The number of halogens is 1. The molecule has 7 nitrogen and oxygen atoms in total. The fraction of sp³-hybridized carbons (Fsp3) is 0.231. The van der Waals surface area contributed by atoms with Crippen LogP contribution in [0.5, 0.6) is 0 Å². The number of hydrogen-bond acceptors (Lipinski definition) is 4. The van der Waals surface area contributed by atoms with Crippen molar-refractivity contribution in [3.05, 3.63) is 39.9 Å². The number of aromatic nitrogens is 3. The lowest BCUT2D eigenvalue weighted by Crippen LogP contribution is -2.16. The molecule has 0 aliphatic carbocycles. The molecule has 0 unspecified atom stereocenters. The van der Waals surface area contributed by atoms with Gasteiger partial charge in [0.1, 0.15) is 5.82 Å². The molecule has 1 aromatic carbocycles. The minimum Gasteiger partial charge on any atom is -0.478 e. The van der Waals surface area contributed by atoms with Gasteiger partial charge < -0.3 is 10.4 Å². The Kier molecular flexibility index (Phi) is 4.69. The maximum absolute atomic E-state index is 12.1. The van der Waals surface area contributed by atoms with E-state index < -0.39 is 11.9 Å². The fourth-order valence-corrected chi connectivity index (χ4v) is 2.21. The van der Waals surface area contributed by atoms with Crippen LogP contribution in [0.4, 0.5) is 5.69 Å². The summed E-state index contributed by atoms with van der Waals surface area (Å²) >= 11 is 3.22. The Morgan fingerprint density at radius 3 is 2.86 bits per heavy atom. The Morgan fingerprint density at radius 1 is 1.43 bits per heavy atom. The molecule has 1 heterocycles. The van der Waals surface area contributed by atoms with E-state index in [9.17, 15) is 9.59 Å². The van der Waals surface area contributed by atoms with Crippen molar-refractivity contribution < 1.29 is 14.7 Å². The van der Waals surface area contributed by atoms with Crippen LogP contribution in [0.25, 0.3) is 0 Å². The molecule has 0 fully saturated rings. The summed E-state index contributed by atoms with van der Waals surface area (Å²) in [5, 5.41) is 18.2. The van der Waals surface area contributed by atoms with E-state index in [2.05, 4.69) is 36.4 Å². The Balaban J connectivity index is 2.25. The van der Waals surface area contributed by atoms with Crippen molar-refractivity contribution in [3.63, 3.8) is 0 Å². The maximum Gasteiger partial charge on any atom is 0.337 e. The molecule has 1 amide bonds. The highest BCUT2D eigenvalue weighted by atomic mass is 79.9. The van der Waals surface area contributed by atoms with Crippen molar-refractivity contribution in [1.29, 1.82) is 0 Å². The van der Waals surface area contributed by atoms with Gasteiger partial charge in [-0.15, -0.1) is 5.10 Å². The highest BCUT2D eigenvalue weighted by molar-refractivity contribution is 9.10. The number of para-hydroxylation sites is 1. The highest BCUT2D eigenvalue weighted by Crippen LogP contribution is 2.26. The van der Waals surface area contributed by atoms with Gasteiger partial charge in [0.25, 0.3) is 5.91 Å². The maximum atomic E-state index is 12.1. The lowest BCUT2D eigenvalue weighted by atomic mass is 10.2. The van der Waals surface area contributed by atoms with Crippen molar-refractivity contribution in [2.75, 3.05) is 5.32 Å². The van der Waals surface area contributed by atoms with E-state index in [1.54, 1.807) is 12.1 Å². The minimum absolute atomic E-state index is 0.0120. The molecule has 1 aromatic heterocycles. The van der Waals surface area contributed by atoms with Crippen LogP contribution in [-0.2, 0) is 6.42 Å². The van der Waals surface area contributed by atoms with Crippen molar-refractivity contribution in [2.45, 2.75) is 19.8 Å². The largest absolute Gasteiger partial charge is 0.478 e. The van der Waals surface area contributed by atoms with Gasteiger partial charge in [0.15, 0.2) is 0 Å². The number of aromatic carboxylic acids is 1. The summed E-state index contributed by atoms with van der Waals surface area (Å²) in [5.74, 6) is -1.10. The number of carbonyl (C=O) groups excluding carboxylic acids is 1. The van der Waals surface area contributed by atoms with Crippen LogP contribution in [0.1, 0.15) is 40.1 Å². The number of amides is 1. The van der Waals surface area contributed by atoms with Crippen LogP contribution in [0.15, 0.2) is 22.7 Å². The summed E-state index contributed by atoms with van der Waals surface area (Å²) in [6.07, 6.45) is 1.57. The fourth-order valence-electron chi connectivity index (χ4n) is 1.74. The predicted molar refractivity (Wildman–Crippen MR) is 79.4 cm³/mol. The first-order valence-electron chi connectivity index (χ1n) is 6.27. The standard InChI is InChI=1S/C13H13BrN4O3/c1-2-4-9-15-11(18-17-9)12(19)16-10-7(13(20)21)5-3-6-8(10)14/h3,5-6H,2,4H2,1H3,(H,16,19)(H,20,21)(H,15,17,18). The molecule has 0 aliphatic rings. The Hall–Kier alpha value is -2.22. The number of nitrogens with one attached hydrogen (secondary N) is 2. The van der Waals surface area contributed by atoms with Crippen LogP contribution in [0.3, 0.4) is 0 Å². The number of benzene rings is 1. The molecule has 2 rings (SSSR count). The van der Waals surface area contributed by atoms with E-state index in [4.69, 9.17) is 5.11 Å². The van der Waals surface area contributed by atoms with Crippen LogP contribution in [-0.4, -0.2) is 32.2 Å². The van der Waals surface area contributed by atoms with E-state index in [1.807, 2.05) is 6.92 Å². The van der Waals surface area contributed by atoms with Crippen molar-refractivity contribution in [2.24, 2.45) is 0 Å². The molecule has 110 valence electrons. The normalized spacial score (nSPS) is 10.4. The molecule has 2 aromatic rings. The first-order chi connectivity index (χ1) is 10.0. The monoisotopic (exact) mass is 352 g/mol. The molecule has 0 spiro atoms. The molecule has 8 heteroatoms. The molecule has 3 N–H and O–H groups in total. The zero-order chi connectivity index (χ0) is 15.4. The van der Waals surface area contributed by atoms with Crippen LogP contribution in [0.2, 0.25) is 0 Å². The highest BCUT2D eigenvalue weighted by Gasteiger charge is 2.18. The average molecular weight is 353 g/mol. The number of carboxylic acids is 1. The van der Waals surface area contributed by atoms with Gasteiger partial charge in [-0.3, -0.25) is 9.89 Å². The zero-order valence-corrected chi connectivity index (χ0v) is 12.8. The molecule has 0 radical (unpaired) electrons. The van der Waals surface area contributed by atoms with Crippen LogP contribution < -0.4 is 5.32 Å². The van der Waals surface area contributed by atoms with E-state index in [0.29, 0.717) is 16.7 Å². The lowest BCUT2D eigenvalue weighted by Gasteiger charge is -2.08. The van der Waals surface area contributed by atoms with Crippen LogP contribution in [0, 0.1) is 0 Å². The molecule has 0 saturated heterocycles. The second-order valence-electron chi connectivity index (χ2n) is 4.28. The van der Waals surface area contributed by atoms with Gasteiger partial charge in [-0.05, 0) is 34.5 Å². The first kappa shape index (κ1) is 15.2. The Morgan fingerprint density at radius 2 is 2.19 bits per heavy atom. The Bertz CT molecular complexity index is 684. The van der Waals surface area contributed by atoms with Crippen molar-refractivity contribution in [1.82, 2.24) is 15.2 Å². The van der Waals surface area contributed by atoms with Crippen LogP contribution >= 0.6 is 15.9 Å². The summed E-state index contributed by atoms with van der Waals surface area (Å²) in [4.78, 5) is 27.3. The first-order valence-corrected chi connectivity index (χ1v) is 7.06. The number of aryl methyl sites for hydroxylation is 1. The smallest absolute Gasteiger partial charge is 0.337 e. The zero-order valence-electron chi connectivity index (χ0n) is 11.2. The van der Waals surface area contributed by atoms with Gasteiger partial charge in [-0.1, -0.05) is 13.0 Å². The van der Waals surface area contributed by atoms with E-state index >= 15 is 0 Å². The van der Waals surface area contributed by atoms with Gasteiger partial charge >= 0.3 is 5.97 Å². The molecule has 21 heavy (non-hydrogen) atoms. The molecular formula is C13H13BrN4O3. The van der Waals surface area contributed by atoms with E-state index in [-0.39, 0.29) is 17.1 Å². The van der Waals surface area contributed by atoms with Gasteiger partial charge in [0, 0.05) is 10.9 Å². The van der Waals surface area contributed by atoms with E-state index in [0.717, 1.165) is 6.42 Å². The molecule has 0 bridgehead atoms. The molecular weight excluding hydrogens is 340 g/mol. The van der Waals surface area contributed by atoms with Crippen molar-refractivity contribution >= 4 is 33.5 Å². The number of aromatic amines is 1. The number of carboxylic acid groups (broad SMARTS) is 1. The van der Waals surface area contributed by atoms with Gasteiger partial charge in [0.2, 0.25) is 5.82 Å². The predicted octanol–water partition coefficient (Wildman–Crippen LogP) is 2.47. The van der Waals surface area contributed by atoms with Gasteiger partial charge in [-0.2, -0.15) is 0 Å². The average Bonchev–Trinajstić information content (AvgIpc) is 2.90. The second-order valence-corrected chi connectivity index (χ2v) is 5.13. The summed E-state index contributed by atoms with van der Waals surface area (Å²) < 4.78 is 0.472. The van der Waals surface area contributed by atoms with Crippen molar-refractivity contribution in [3.8, 4) is 0 Å². The van der Waals surface area contributed by atoms with Gasteiger partial charge in [0.05, 0.1) is 11.3 Å². The SMILES string of the molecule is CCCc1nc(C(=O)Nc2c(Br)cccc2C(=O)O)n[nH]1. The number of carbonyl (C=O) groups is 2. The number of anilines is 1. The number of nitrogens with zero attached hydrogens (tertiary/aromatic N) is 2. The molecule has 0 aliphatic heterocycles. The quantitative estimate of drug-likeness (QED) is 0.765. The second kappa shape index (κ2) is 6.49. The number of rotatable bonds is 5. The third kappa shape index (κ3) is 3.46. The molecule has 0 saturated carbocycles. The van der Waals surface area contributed by atoms with Gasteiger partial charge in [-0.25, -0.2) is 9.78 Å². The Labute approximate surface area is 128 Å². The topological polar surface area (TPSA) is 108 Å². The lowest BCUT2D eigenvalue weighted by molar-refractivity contribution is 0.0698. The summed E-state index contributed by atoms with van der Waals surface area (Å²) in [7, 11) is 0.